The smallest absolute Gasteiger partial charge is 0.0926 e. The second-order valence-corrected chi connectivity index (χ2v) is 4.81. The number of fused-ring (bicyclic) bond motifs is 1. The molecule has 1 aromatic carbocycles. The molecule has 0 amide bonds. The van der Waals surface area contributed by atoms with Gasteiger partial charge in [-0.05, 0) is 23.5 Å². The summed E-state index contributed by atoms with van der Waals surface area (Å²) in [4.78, 5) is 0. The molecule has 80 valence electrons. The Hall–Kier alpha value is -1.31. The van der Waals surface area contributed by atoms with E-state index in [2.05, 4.69) is 50.3 Å². The largest absolute Gasteiger partial charge is 0.275 e. The van der Waals surface area contributed by atoms with Gasteiger partial charge < -0.3 is 0 Å². The monoisotopic (exact) mass is 202 g/mol. The van der Waals surface area contributed by atoms with Gasteiger partial charge in [-0.15, -0.1) is 0 Å². The van der Waals surface area contributed by atoms with Crippen LogP contribution in [0.3, 0.4) is 0 Å². The van der Waals surface area contributed by atoms with Crippen molar-refractivity contribution in [3.05, 3.63) is 30.0 Å². The minimum atomic E-state index is 0.242. The highest BCUT2D eigenvalue weighted by Gasteiger charge is 2.18. The van der Waals surface area contributed by atoms with Crippen molar-refractivity contribution in [1.29, 1.82) is 0 Å². The summed E-state index contributed by atoms with van der Waals surface area (Å²) in [5.74, 6) is 0. The lowest BCUT2D eigenvalue weighted by molar-refractivity contribution is 0.507. The molecular weight excluding hydrogens is 184 g/mol. The highest BCUT2D eigenvalue weighted by molar-refractivity contribution is 5.78. The molecule has 2 heteroatoms. The van der Waals surface area contributed by atoms with Crippen LogP contribution in [0.2, 0.25) is 0 Å². The van der Waals surface area contributed by atoms with Crippen LogP contribution in [-0.4, -0.2) is 9.78 Å². The van der Waals surface area contributed by atoms with Gasteiger partial charge in [0.25, 0.3) is 0 Å². The van der Waals surface area contributed by atoms with Crippen LogP contribution in [0.4, 0.5) is 0 Å². The van der Waals surface area contributed by atoms with E-state index < -0.39 is 0 Å². The van der Waals surface area contributed by atoms with Crippen molar-refractivity contribution in [3.8, 4) is 0 Å². The molecule has 0 aliphatic rings. The first-order valence-electron chi connectivity index (χ1n) is 5.47. The van der Waals surface area contributed by atoms with Gasteiger partial charge in [0.2, 0.25) is 0 Å². The minimum Gasteiger partial charge on any atom is -0.275 e. The Morgan fingerprint density at radius 1 is 1.33 bits per heavy atom. The normalized spacial score (nSPS) is 12.3. The molecule has 0 saturated heterocycles. The third-order valence-corrected chi connectivity index (χ3v) is 3.29. The Bertz CT molecular complexity index is 480. The second-order valence-electron chi connectivity index (χ2n) is 4.81. The van der Waals surface area contributed by atoms with Gasteiger partial charge in [0.15, 0.2) is 0 Å². The molecule has 15 heavy (non-hydrogen) atoms. The van der Waals surface area contributed by atoms with Gasteiger partial charge in [0.05, 0.1) is 5.52 Å². The van der Waals surface area contributed by atoms with Crippen LogP contribution in [-0.2, 0) is 12.5 Å². The van der Waals surface area contributed by atoms with Crippen LogP contribution >= 0.6 is 0 Å². The zero-order valence-electron chi connectivity index (χ0n) is 9.91. The summed E-state index contributed by atoms with van der Waals surface area (Å²) in [5, 5.41) is 5.65. The average molecular weight is 202 g/mol. The Labute approximate surface area is 90.9 Å². The summed E-state index contributed by atoms with van der Waals surface area (Å²) in [6.45, 7) is 6.77. The van der Waals surface area contributed by atoms with Crippen LogP contribution in [0.15, 0.2) is 24.4 Å². The summed E-state index contributed by atoms with van der Waals surface area (Å²) >= 11 is 0. The molecule has 2 nitrogen and oxygen atoms in total. The van der Waals surface area contributed by atoms with E-state index >= 15 is 0 Å². The zero-order valence-corrected chi connectivity index (χ0v) is 9.91. The maximum Gasteiger partial charge on any atom is 0.0926 e. The molecule has 2 aromatic rings. The van der Waals surface area contributed by atoms with Crippen LogP contribution in [0.1, 0.15) is 32.8 Å². The van der Waals surface area contributed by atoms with Gasteiger partial charge in [0, 0.05) is 18.6 Å². The lowest BCUT2D eigenvalue weighted by atomic mass is 9.82. The van der Waals surface area contributed by atoms with Crippen LogP contribution < -0.4 is 0 Å². The molecule has 0 spiro atoms. The molecule has 0 unspecified atom stereocenters. The van der Waals surface area contributed by atoms with Gasteiger partial charge in [0.1, 0.15) is 0 Å². The lowest BCUT2D eigenvalue weighted by Crippen LogP contribution is -2.14. The molecule has 0 fully saturated rings. The van der Waals surface area contributed by atoms with Crippen LogP contribution in [0.25, 0.3) is 10.9 Å². The number of nitrogens with zero attached hydrogens (tertiary/aromatic N) is 2. The van der Waals surface area contributed by atoms with Crippen molar-refractivity contribution < 1.29 is 0 Å². The third-order valence-electron chi connectivity index (χ3n) is 3.29. The Balaban J connectivity index is 2.55. The predicted octanol–water partition coefficient (Wildman–Crippen LogP) is 3.26. The van der Waals surface area contributed by atoms with Crippen molar-refractivity contribution in [2.75, 3.05) is 0 Å². The van der Waals surface area contributed by atoms with Gasteiger partial charge in [-0.3, -0.25) is 4.68 Å². The molecule has 0 saturated carbocycles. The summed E-state index contributed by atoms with van der Waals surface area (Å²) in [6.07, 6.45) is 3.20. The Morgan fingerprint density at radius 2 is 2.07 bits per heavy atom. The molecule has 0 radical (unpaired) electrons. The Morgan fingerprint density at radius 3 is 2.73 bits per heavy atom. The maximum atomic E-state index is 4.44. The lowest BCUT2D eigenvalue weighted by Gasteiger charge is -2.23. The first-order chi connectivity index (χ1) is 7.03. The first-order valence-corrected chi connectivity index (χ1v) is 5.47. The van der Waals surface area contributed by atoms with Crippen LogP contribution in [0.5, 0.6) is 0 Å². The number of hydrogen-bond donors (Lipinski definition) is 0. The van der Waals surface area contributed by atoms with Gasteiger partial charge >= 0.3 is 0 Å². The molecule has 0 N–H and O–H groups in total. The van der Waals surface area contributed by atoms with Crippen molar-refractivity contribution in [2.24, 2.45) is 7.05 Å². The van der Waals surface area contributed by atoms with E-state index in [0.29, 0.717) is 0 Å². The van der Waals surface area contributed by atoms with Gasteiger partial charge in [-0.25, -0.2) is 0 Å². The number of aromatic nitrogens is 2. The fraction of sp³-hybridized carbons (Fsp3) is 0.462. The number of benzene rings is 1. The number of aryl methyl sites for hydroxylation is 1. The quantitative estimate of drug-likeness (QED) is 0.731. The van der Waals surface area contributed by atoms with E-state index in [1.807, 2.05) is 11.7 Å². The molecule has 0 aliphatic heterocycles. The predicted molar refractivity (Wildman–Crippen MR) is 64.0 cm³/mol. The summed E-state index contributed by atoms with van der Waals surface area (Å²) in [5.41, 5.74) is 2.71. The van der Waals surface area contributed by atoms with Gasteiger partial charge in [-0.2, -0.15) is 5.10 Å². The Kier molecular flexibility index (Phi) is 2.29. The zero-order chi connectivity index (χ0) is 11.1. The van der Waals surface area contributed by atoms with E-state index in [4.69, 9.17) is 0 Å². The fourth-order valence-electron chi connectivity index (χ4n) is 1.76. The number of hydrogen-bond acceptors (Lipinski definition) is 1. The third kappa shape index (κ3) is 1.76. The molecular formula is C13H18N2. The molecule has 2 rings (SSSR count). The fourth-order valence-corrected chi connectivity index (χ4v) is 1.76. The maximum absolute atomic E-state index is 4.44. The van der Waals surface area contributed by atoms with E-state index in [1.54, 1.807) is 0 Å². The van der Waals surface area contributed by atoms with Crippen molar-refractivity contribution in [1.82, 2.24) is 9.78 Å². The molecule has 1 aromatic heterocycles. The second kappa shape index (κ2) is 3.37. The SMILES string of the molecule is CCC(C)(C)c1ccc2cn(C)nc2c1. The first kappa shape index (κ1) is 10.2. The highest BCUT2D eigenvalue weighted by Crippen LogP contribution is 2.28. The van der Waals surface area contributed by atoms with E-state index in [9.17, 15) is 0 Å². The van der Waals surface area contributed by atoms with E-state index in [-0.39, 0.29) is 5.41 Å². The van der Waals surface area contributed by atoms with Crippen molar-refractivity contribution >= 4 is 10.9 Å². The highest BCUT2D eigenvalue weighted by atomic mass is 15.2. The summed E-state index contributed by atoms with van der Waals surface area (Å²) in [6, 6.07) is 6.58. The molecule has 0 bridgehead atoms. The minimum absolute atomic E-state index is 0.242. The molecule has 1 heterocycles. The standard InChI is InChI=1S/C13H18N2/c1-5-13(2,3)11-7-6-10-9-15(4)14-12(10)8-11/h6-9H,5H2,1-4H3. The van der Waals surface area contributed by atoms with Gasteiger partial charge in [-0.1, -0.05) is 32.9 Å². The number of rotatable bonds is 2. The van der Waals surface area contributed by atoms with E-state index in [1.165, 1.54) is 10.9 Å². The summed E-state index contributed by atoms with van der Waals surface area (Å²) < 4.78 is 1.87. The van der Waals surface area contributed by atoms with E-state index in [0.717, 1.165) is 11.9 Å². The molecule has 0 atom stereocenters. The van der Waals surface area contributed by atoms with Crippen LogP contribution in [0, 0.1) is 0 Å². The van der Waals surface area contributed by atoms with Crippen molar-refractivity contribution in [3.63, 3.8) is 0 Å². The topological polar surface area (TPSA) is 17.8 Å². The molecule has 0 aliphatic carbocycles. The average Bonchev–Trinajstić information content (AvgIpc) is 2.56. The van der Waals surface area contributed by atoms with Crippen molar-refractivity contribution in [2.45, 2.75) is 32.6 Å². The summed E-state index contributed by atoms with van der Waals surface area (Å²) in [7, 11) is 1.96.